The molecule has 2 saturated heterocycles. The van der Waals surface area contributed by atoms with E-state index < -0.39 is 4.92 Å². The summed E-state index contributed by atoms with van der Waals surface area (Å²) < 4.78 is 0. The zero-order chi connectivity index (χ0) is 20.2. The monoisotopic (exact) mass is 400 g/mol. The van der Waals surface area contributed by atoms with Gasteiger partial charge in [0, 0.05) is 50.5 Å². The van der Waals surface area contributed by atoms with Gasteiger partial charge < -0.3 is 15.1 Å². The zero-order valence-electron chi connectivity index (χ0n) is 17.1. The summed E-state index contributed by atoms with van der Waals surface area (Å²) in [4.78, 5) is 28.1. The third-order valence-electron chi connectivity index (χ3n) is 6.77. The summed E-state index contributed by atoms with van der Waals surface area (Å²) in [5.41, 5.74) is 0.923. The van der Waals surface area contributed by atoms with Gasteiger partial charge in [-0.25, -0.2) is 0 Å². The van der Waals surface area contributed by atoms with E-state index in [1.807, 2.05) is 0 Å². The van der Waals surface area contributed by atoms with Crippen LogP contribution in [0.3, 0.4) is 0 Å². The third kappa shape index (κ3) is 4.89. The van der Waals surface area contributed by atoms with Gasteiger partial charge >= 0.3 is 0 Å². The zero-order valence-corrected chi connectivity index (χ0v) is 17.1. The number of hydrogen-bond donors (Lipinski definition) is 1. The Morgan fingerprint density at radius 3 is 2.38 bits per heavy atom. The third-order valence-corrected chi connectivity index (χ3v) is 6.77. The van der Waals surface area contributed by atoms with Crippen molar-refractivity contribution in [2.24, 2.45) is 5.92 Å². The molecule has 4 rings (SSSR count). The van der Waals surface area contributed by atoms with Crippen molar-refractivity contribution >= 4 is 17.3 Å². The molecule has 0 atom stereocenters. The molecule has 0 unspecified atom stereocenters. The Morgan fingerprint density at radius 2 is 1.72 bits per heavy atom. The minimum absolute atomic E-state index is 0.0983. The first-order chi connectivity index (χ1) is 14.1. The van der Waals surface area contributed by atoms with Crippen molar-refractivity contribution in [2.45, 2.75) is 57.4 Å². The van der Waals surface area contributed by atoms with Crippen LogP contribution in [-0.4, -0.2) is 59.4 Å². The van der Waals surface area contributed by atoms with Crippen molar-refractivity contribution in [1.29, 1.82) is 0 Å². The van der Waals surface area contributed by atoms with E-state index in [1.165, 1.54) is 38.3 Å². The number of piperidine rings is 1. The second kappa shape index (κ2) is 9.11. The number of nitrogens with zero attached hydrogens (tertiary/aromatic N) is 3. The Bertz CT molecular complexity index is 734. The van der Waals surface area contributed by atoms with Crippen LogP contribution in [-0.2, 0) is 0 Å². The van der Waals surface area contributed by atoms with Crippen LogP contribution in [0.1, 0.15) is 61.7 Å². The summed E-state index contributed by atoms with van der Waals surface area (Å²) in [7, 11) is 0. The van der Waals surface area contributed by atoms with Gasteiger partial charge in [0.2, 0.25) is 0 Å². The fourth-order valence-corrected chi connectivity index (χ4v) is 5.10. The lowest BCUT2D eigenvalue weighted by atomic mass is 10.0. The number of nitrogens with one attached hydrogen (secondary N) is 1. The molecule has 1 amide bonds. The van der Waals surface area contributed by atoms with E-state index in [2.05, 4.69) is 10.2 Å². The number of hydrogen-bond acceptors (Lipinski definition) is 5. The molecule has 29 heavy (non-hydrogen) atoms. The number of carbonyl (C=O) groups is 1. The molecule has 1 saturated carbocycles. The Balaban J connectivity index is 1.38. The second-order valence-corrected chi connectivity index (χ2v) is 8.86. The highest BCUT2D eigenvalue weighted by molar-refractivity contribution is 5.99. The van der Waals surface area contributed by atoms with E-state index >= 15 is 0 Å². The fraction of sp³-hybridized carbons (Fsp3) is 0.682. The van der Waals surface area contributed by atoms with Crippen LogP contribution >= 0.6 is 0 Å². The van der Waals surface area contributed by atoms with Crippen LogP contribution in [0, 0.1) is 16.0 Å². The number of amides is 1. The Kier molecular flexibility index (Phi) is 6.33. The van der Waals surface area contributed by atoms with Gasteiger partial charge in [-0.15, -0.1) is 0 Å². The lowest BCUT2D eigenvalue weighted by Gasteiger charge is -2.34. The maximum atomic E-state index is 12.8. The standard InChI is InChI=1S/C22H32N4O3/c27-22(25-11-3-4-12-25)20-15-19(7-8-21(20)26(28)29)23-18-9-13-24(14-10-18)16-17-5-1-2-6-17/h7-8,15,17-18,23H,1-6,9-14,16H2. The molecular formula is C22H32N4O3. The van der Waals surface area contributed by atoms with Gasteiger partial charge in [0.1, 0.15) is 5.56 Å². The van der Waals surface area contributed by atoms with Crippen molar-refractivity contribution in [3.05, 3.63) is 33.9 Å². The average molecular weight is 401 g/mol. The van der Waals surface area contributed by atoms with E-state index in [-0.39, 0.29) is 17.2 Å². The largest absolute Gasteiger partial charge is 0.382 e. The molecule has 1 aromatic carbocycles. The average Bonchev–Trinajstić information content (AvgIpc) is 3.43. The SMILES string of the molecule is O=C(c1cc(NC2CCN(CC3CCCC3)CC2)ccc1[N+](=O)[O-])N1CCCC1. The molecule has 1 aliphatic carbocycles. The van der Waals surface area contributed by atoms with Crippen LogP contribution in [0.2, 0.25) is 0 Å². The van der Waals surface area contributed by atoms with E-state index in [9.17, 15) is 14.9 Å². The van der Waals surface area contributed by atoms with Crippen molar-refractivity contribution in [2.75, 3.05) is 38.0 Å². The summed E-state index contributed by atoms with van der Waals surface area (Å²) in [6.45, 7) is 4.81. The quantitative estimate of drug-likeness (QED) is 0.579. The number of nitro benzene ring substituents is 1. The Labute approximate surface area is 172 Å². The normalized spacial score (nSPS) is 21.6. The van der Waals surface area contributed by atoms with Crippen molar-refractivity contribution < 1.29 is 9.72 Å². The highest BCUT2D eigenvalue weighted by atomic mass is 16.6. The number of nitro groups is 1. The van der Waals surface area contributed by atoms with E-state index in [1.54, 1.807) is 17.0 Å². The maximum Gasteiger partial charge on any atom is 0.282 e. The summed E-state index contributed by atoms with van der Waals surface area (Å²) >= 11 is 0. The lowest BCUT2D eigenvalue weighted by molar-refractivity contribution is -0.385. The van der Waals surface area contributed by atoms with Crippen molar-refractivity contribution in [1.82, 2.24) is 9.80 Å². The first-order valence-corrected chi connectivity index (χ1v) is 11.2. The first kappa shape index (κ1) is 20.1. The van der Waals surface area contributed by atoms with Crippen molar-refractivity contribution in [3.8, 4) is 0 Å². The molecule has 1 aromatic rings. The van der Waals surface area contributed by atoms with Crippen LogP contribution in [0.4, 0.5) is 11.4 Å². The molecule has 0 bridgehead atoms. The highest BCUT2D eigenvalue weighted by Gasteiger charge is 2.28. The summed E-state index contributed by atoms with van der Waals surface area (Å²) in [5.74, 6) is 0.664. The van der Waals surface area contributed by atoms with Gasteiger partial charge in [-0.2, -0.15) is 0 Å². The van der Waals surface area contributed by atoms with Crippen LogP contribution in [0.25, 0.3) is 0 Å². The predicted molar refractivity (Wildman–Crippen MR) is 113 cm³/mol. The van der Waals surface area contributed by atoms with Crippen molar-refractivity contribution in [3.63, 3.8) is 0 Å². The Hall–Kier alpha value is -2.15. The summed E-state index contributed by atoms with van der Waals surface area (Å²) in [6.07, 6.45) is 9.62. The maximum absolute atomic E-state index is 12.8. The summed E-state index contributed by atoms with van der Waals surface area (Å²) in [6, 6.07) is 5.25. The molecule has 0 spiro atoms. The molecule has 2 heterocycles. The summed E-state index contributed by atoms with van der Waals surface area (Å²) in [5, 5.41) is 15.0. The molecule has 158 valence electrons. The predicted octanol–water partition coefficient (Wildman–Crippen LogP) is 3.90. The number of benzene rings is 1. The first-order valence-electron chi connectivity index (χ1n) is 11.2. The topological polar surface area (TPSA) is 78.7 Å². The second-order valence-electron chi connectivity index (χ2n) is 8.86. The van der Waals surface area contributed by atoms with E-state index in [0.29, 0.717) is 19.1 Å². The van der Waals surface area contributed by atoms with Gasteiger partial charge in [-0.1, -0.05) is 12.8 Å². The number of rotatable bonds is 6. The highest BCUT2D eigenvalue weighted by Crippen LogP contribution is 2.29. The molecule has 7 nitrogen and oxygen atoms in total. The van der Waals surface area contributed by atoms with Crippen LogP contribution in [0.15, 0.2) is 18.2 Å². The smallest absolute Gasteiger partial charge is 0.282 e. The molecule has 7 heteroatoms. The molecule has 0 aromatic heterocycles. The molecule has 2 aliphatic heterocycles. The van der Waals surface area contributed by atoms with Gasteiger partial charge in [0.15, 0.2) is 0 Å². The number of anilines is 1. The lowest BCUT2D eigenvalue weighted by Crippen LogP contribution is -2.41. The molecule has 0 radical (unpaired) electrons. The van der Waals surface area contributed by atoms with E-state index in [4.69, 9.17) is 0 Å². The van der Waals surface area contributed by atoms with Crippen LogP contribution in [0.5, 0.6) is 0 Å². The van der Waals surface area contributed by atoms with Gasteiger partial charge in [0.05, 0.1) is 4.92 Å². The van der Waals surface area contributed by atoms with Gasteiger partial charge in [0.25, 0.3) is 11.6 Å². The van der Waals surface area contributed by atoms with Gasteiger partial charge in [-0.05, 0) is 56.6 Å². The molecule has 3 aliphatic rings. The van der Waals surface area contributed by atoms with E-state index in [0.717, 1.165) is 50.4 Å². The fourth-order valence-electron chi connectivity index (χ4n) is 5.10. The van der Waals surface area contributed by atoms with Gasteiger partial charge in [-0.3, -0.25) is 14.9 Å². The minimum Gasteiger partial charge on any atom is -0.382 e. The molecule has 3 fully saturated rings. The Morgan fingerprint density at radius 1 is 1.03 bits per heavy atom. The molecule has 1 N–H and O–H groups in total. The molecular weight excluding hydrogens is 368 g/mol. The minimum atomic E-state index is -0.450. The number of carbonyl (C=O) groups excluding carboxylic acids is 1. The van der Waals surface area contributed by atoms with Crippen LogP contribution < -0.4 is 5.32 Å². The number of likely N-dealkylation sites (tertiary alicyclic amines) is 2.